The Balaban J connectivity index is 0.00000392. The van der Waals surface area contributed by atoms with Crippen LogP contribution in [-0.2, 0) is 10.9 Å². The van der Waals surface area contributed by atoms with Gasteiger partial charge in [0, 0.05) is 32.2 Å². The first kappa shape index (κ1) is 24.8. The van der Waals surface area contributed by atoms with E-state index in [1.54, 1.807) is 7.05 Å². The minimum absolute atomic E-state index is 0. The molecule has 1 aromatic carbocycles. The Bertz CT molecular complexity index is 624. The van der Waals surface area contributed by atoms with Gasteiger partial charge in [-0.25, -0.2) is 0 Å². The molecule has 1 aromatic rings. The number of hydrogen-bond acceptors (Lipinski definition) is 4. The second-order valence-corrected chi connectivity index (χ2v) is 6.50. The van der Waals surface area contributed by atoms with Crippen molar-refractivity contribution in [3.8, 4) is 5.75 Å². The molecule has 1 fully saturated rings. The summed E-state index contributed by atoms with van der Waals surface area (Å²) in [6, 6.07) is 4.79. The number of benzene rings is 1. The van der Waals surface area contributed by atoms with Crippen LogP contribution in [0.3, 0.4) is 0 Å². The number of aliphatic imine (C=N–C) groups is 1. The highest BCUT2D eigenvalue weighted by atomic mass is 127. The van der Waals surface area contributed by atoms with Crippen molar-refractivity contribution < 1.29 is 27.8 Å². The van der Waals surface area contributed by atoms with Gasteiger partial charge in [-0.3, -0.25) is 4.99 Å². The molecule has 1 aliphatic rings. The normalized spacial score (nSPS) is 19.8. The summed E-state index contributed by atoms with van der Waals surface area (Å²) in [5.41, 5.74) is -0.848. The largest absolute Gasteiger partial charge is 0.492 e. The lowest BCUT2D eigenvalue weighted by Crippen LogP contribution is -2.45. The Kier molecular flexibility index (Phi) is 10.3. The lowest BCUT2D eigenvalue weighted by Gasteiger charge is -2.27. The molecule has 160 valence electrons. The van der Waals surface area contributed by atoms with Crippen LogP contribution in [0.1, 0.15) is 18.4 Å². The van der Waals surface area contributed by atoms with Crippen LogP contribution in [0.2, 0.25) is 0 Å². The van der Waals surface area contributed by atoms with Crippen LogP contribution in [0.15, 0.2) is 29.3 Å². The van der Waals surface area contributed by atoms with Crippen molar-refractivity contribution in [1.29, 1.82) is 0 Å². The minimum atomic E-state index is -4.39. The average Bonchev–Trinajstić information content (AvgIpc) is 3.10. The lowest BCUT2D eigenvalue weighted by molar-refractivity contribution is -0.137. The molecule has 2 rings (SSSR count). The molecule has 0 spiro atoms. The maximum absolute atomic E-state index is 12.7. The Morgan fingerprint density at radius 1 is 1.36 bits per heavy atom. The number of alkyl halides is 3. The fourth-order valence-corrected chi connectivity index (χ4v) is 2.90. The SMILES string of the molecule is CN=C(NCCOc1cccc(C(F)(F)F)c1)NCC1(CCO)CCOC1.I. The van der Waals surface area contributed by atoms with E-state index in [-0.39, 0.29) is 48.4 Å². The van der Waals surface area contributed by atoms with Gasteiger partial charge < -0.3 is 25.2 Å². The van der Waals surface area contributed by atoms with Crippen LogP contribution in [0.25, 0.3) is 0 Å². The Hall–Kier alpha value is -1.27. The molecule has 1 unspecified atom stereocenters. The molecule has 1 atom stereocenters. The van der Waals surface area contributed by atoms with Gasteiger partial charge in [0.25, 0.3) is 0 Å². The van der Waals surface area contributed by atoms with Crippen molar-refractivity contribution in [2.45, 2.75) is 19.0 Å². The zero-order valence-electron chi connectivity index (χ0n) is 15.7. The number of nitrogens with zero attached hydrogens (tertiary/aromatic N) is 1. The number of aliphatic hydroxyl groups excluding tert-OH is 1. The monoisotopic (exact) mass is 517 g/mol. The molecular formula is C18H27F3IN3O3. The fourth-order valence-electron chi connectivity index (χ4n) is 2.90. The number of guanidine groups is 1. The standard InChI is InChI=1S/C18H26F3N3O3.HI/c1-22-16(24-12-17(5-8-25)6-9-26-13-17)23-7-10-27-15-4-2-3-14(11-15)18(19,20)21;/h2-4,11,25H,5-10,12-13H2,1H3,(H2,22,23,24);1H. The highest BCUT2D eigenvalue weighted by Crippen LogP contribution is 2.32. The number of ether oxygens (including phenoxy) is 2. The maximum Gasteiger partial charge on any atom is 0.416 e. The second kappa shape index (κ2) is 11.7. The number of halogens is 4. The molecule has 0 saturated carbocycles. The van der Waals surface area contributed by atoms with Crippen LogP contribution in [-0.4, -0.2) is 57.6 Å². The highest BCUT2D eigenvalue weighted by molar-refractivity contribution is 14.0. The molecule has 28 heavy (non-hydrogen) atoms. The molecule has 1 heterocycles. The van der Waals surface area contributed by atoms with Gasteiger partial charge in [-0.1, -0.05) is 6.07 Å². The van der Waals surface area contributed by atoms with Crippen molar-refractivity contribution in [3.63, 3.8) is 0 Å². The van der Waals surface area contributed by atoms with Crippen molar-refractivity contribution in [3.05, 3.63) is 29.8 Å². The summed E-state index contributed by atoms with van der Waals surface area (Å²) in [5, 5.41) is 15.5. The highest BCUT2D eigenvalue weighted by Gasteiger charge is 2.34. The quantitative estimate of drug-likeness (QED) is 0.214. The van der Waals surface area contributed by atoms with Crippen molar-refractivity contribution in [1.82, 2.24) is 10.6 Å². The summed E-state index contributed by atoms with van der Waals surface area (Å²) in [5.74, 6) is 0.728. The predicted molar refractivity (Wildman–Crippen MR) is 111 cm³/mol. The molecule has 10 heteroatoms. The molecular weight excluding hydrogens is 490 g/mol. The van der Waals surface area contributed by atoms with Crippen molar-refractivity contribution in [2.75, 3.05) is 46.6 Å². The third-order valence-electron chi connectivity index (χ3n) is 4.51. The summed E-state index contributed by atoms with van der Waals surface area (Å²) in [4.78, 5) is 4.12. The minimum Gasteiger partial charge on any atom is -0.492 e. The number of rotatable bonds is 8. The third kappa shape index (κ3) is 7.63. The summed E-state index contributed by atoms with van der Waals surface area (Å²) in [7, 11) is 1.63. The topological polar surface area (TPSA) is 75.1 Å². The van der Waals surface area contributed by atoms with E-state index >= 15 is 0 Å². The molecule has 0 radical (unpaired) electrons. The van der Waals surface area contributed by atoms with Gasteiger partial charge in [-0.2, -0.15) is 13.2 Å². The van der Waals surface area contributed by atoms with Gasteiger partial charge in [0.15, 0.2) is 5.96 Å². The zero-order valence-corrected chi connectivity index (χ0v) is 18.0. The molecule has 3 N–H and O–H groups in total. The zero-order chi connectivity index (χ0) is 19.8. The van der Waals surface area contributed by atoms with Crippen LogP contribution < -0.4 is 15.4 Å². The molecule has 0 bridgehead atoms. The summed E-state index contributed by atoms with van der Waals surface area (Å²) in [6.45, 7) is 2.55. The van der Waals surface area contributed by atoms with Gasteiger partial charge in [0.2, 0.25) is 0 Å². The van der Waals surface area contributed by atoms with E-state index in [1.807, 2.05) is 0 Å². The molecule has 1 aliphatic heterocycles. The van der Waals surface area contributed by atoms with Crippen LogP contribution in [0.4, 0.5) is 13.2 Å². The Morgan fingerprint density at radius 2 is 2.14 bits per heavy atom. The Labute approximate surface area is 179 Å². The van der Waals surface area contributed by atoms with E-state index in [0.717, 1.165) is 18.6 Å². The average molecular weight is 517 g/mol. The number of hydrogen-bond donors (Lipinski definition) is 3. The third-order valence-corrected chi connectivity index (χ3v) is 4.51. The van der Waals surface area contributed by atoms with E-state index < -0.39 is 11.7 Å². The summed E-state index contributed by atoms with van der Waals surface area (Å²) in [6.07, 6.45) is -2.87. The molecule has 0 aliphatic carbocycles. The van der Waals surface area contributed by atoms with E-state index in [2.05, 4.69) is 15.6 Å². The molecule has 6 nitrogen and oxygen atoms in total. The van der Waals surface area contributed by atoms with Crippen molar-refractivity contribution >= 4 is 29.9 Å². The molecule has 0 aromatic heterocycles. The fraction of sp³-hybridized carbons (Fsp3) is 0.611. The predicted octanol–water partition coefficient (Wildman–Crippen LogP) is 2.66. The molecule has 1 saturated heterocycles. The van der Waals surface area contributed by atoms with Gasteiger partial charge in [-0.15, -0.1) is 24.0 Å². The van der Waals surface area contributed by atoms with Crippen LogP contribution >= 0.6 is 24.0 Å². The van der Waals surface area contributed by atoms with Gasteiger partial charge >= 0.3 is 6.18 Å². The van der Waals surface area contributed by atoms with Gasteiger partial charge in [0.1, 0.15) is 12.4 Å². The lowest BCUT2D eigenvalue weighted by atomic mass is 9.84. The molecule has 0 amide bonds. The van der Waals surface area contributed by atoms with E-state index in [4.69, 9.17) is 9.47 Å². The number of aliphatic hydroxyl groups is 1. The first-order valence-corrected chi connectivity index (χ1v) is 8.82. The van der Waals surface area contributed by atoms with E-state index in [1.165, 1.54) is 12.1 Å². The van der Waals surface area contributed by atoms with Crippen LogP contribution in [0, 0.1) is 5.41 Å². The summed E-state index contributed by atoms with van der Waals surface area (Å²) >= 11 is 0. The van der Waals surface area contributed by atoms with Crippen molar-refractivity contribution in [2.24, 2.45) is 10.4 Å². The first-order chi connectivity index (χ1) is 12.9. The van der Waals surface area contributed by atoms with E-state index in [9.17, 15) is 18.3 Å². The second-order valence-electron chi connectivity index (χ2n) is 6.50. The van der Waals surface area contributed by atoms with Crippen LogP contribution in [0.5, 0.6) is 5.75 Å². The smallest absolute Gasteiger partial charge is 0.416 e. The van der Waals surface area contributed by atoms with Gasteiger partial charge in [0.05, 0.1) is 18.7 Å². The van der Waals surface area contributed by atoms with E-state index in [0.29, 0.717) is 38.7 Å². The summed E-state index contributed by atoms with van der Waals surface area (Å²) < 4.78 is 48.9. The van der Waals surface area contributed by atoms with Gasteiger partial charge in [-0.05, 0) is 31.0 Å². The Morgan fingerprint density at radius 3 is 2.75 bits per heavy atom. The maximum atomic E-state index is 12.7. The number of nitrogens with one attached hydrogen (secondary N) is 2. The first-order valence-electron chi connectivity index (χ1n) is 8.82.